The number of carbonyl (C=O) groups excluding carboxylic acids is 1. The fourth-order valence-corrected chi connectivity index (χ4v) is 2.58. The fraction of sp³-hybridized carbons (Fsp3) is 0.625. The Morgan fingerprint density at radius 1 is 1.23 bits per heavy atom. The fourth-order valence-electron chi connectivity index (χ4n) is 1.80. The minimum absolute atomic E-state index is 0.0218. The summed E-state index contributed by atoms with van der Waals surface area (Å²) in [5, 5.41) is 11.4. The van der Waals surface area contributed by atoms with Crippen LogP contribution in [-0.2, 0) is 4.79 Å². The van der Waals surface area contributed by atoms with Gasteiger partial charge >= 0.3 is 0 Å². The van der Waals surface area contributed by atoms with Crippen molar-refractivity contribution in [3.63, 3.8) is 0 Å². The van der Waals surface area contributed by atoms with Crippen molar-refractivity contribution in [2.45, 2.75) is 33.6 Å². The number of nitrogens with zero attached hydrogens (tertiary/aromatic N) is 1. The maximum atomic E-state index is 11.5. The van der Waals surface area contributed by atoms with Gasteiger partial charge in [0.1, 0.15) is 0 Å². The van der Waals surface area contributed by atoms with Crippen LogP contribution >= 0.6 is 11.3 Å². The number of hydrogen-bond acceptors (Lipinski definition) is 3. The molecule has 1 unspecified atom stereocenters. The molecule has 1 amide bonds. The third kappa shape index (κ3) is 6.93. The quantitative estimate of drug-likeness (QED) is 0.390. The second-order valence-electron chi connectivity index (χ2n) is 5.51. The number of carbonyl (C=O) groups is 1. The molecule has 22 heavy (non-hydrogen) atoms. The van der Waals surface area contributed by atoms with Crippen LogP contribution in [0.4, 0.5) is 0 Å². The van der Waals surface area contributed by atoms with Crippen molar-refractivity contribution in [3.05, 3.63) is 22.4 Å². The van der Waals surface area contributed by atoms with Gasteiger partial charge in [-0.1, -0.05) is 26.8 Å². The Morgan fingerprint density at radius 2 is 1.95 bits per heavy atom. The van der Waals surface area contributed by atoms with E-state index in [-0.39, 0.29) is 11.8 Å². The zero-order chi connectivity index (χ0) is 16.4. The topological polar surface area (TPSA) is 65.5 Å². The molecule has 0 aliphatic rings. The molecule has 0 fully saturated rings. The summed E-state index contributed by atoms with van der Waals surface area (Å²) in [6.45, 7) is 10.8. The van der Waals surface area contributed by atoms with E-state index in [1.807, 2.05) is 20.8 Å². The molecule has 1 aromatic heterocycles. The van der Waals surface area contributed by atoms with Gasteiger partial charge in [0.15, 0.2) is 5.96 Å². The Balaban J connectivity index is 2.37. The molecular formula is C16H28N4OS. The predicted molar refractivity (Wildman–Crippen MR) is 94.6 cm³/mol. The summed E-state index contributed by atoms with van der Waals surface area (Å²) in [6, 6.07) is 4.22. The Labute approximate surface area is 137 Å². The average molecular weight is 324 g/mol. The van der Waals surface area contributed by atoms with Gasteiger partial charge in [0.25, 0.3) is 0 Å². The molecule has 1 atom stereocenters. The lowest BCUT2D eigenvalue weighted by Crippen LogP contribution is -2.42. The van der Waals surface area contributed by atoms with E-state index in [1.54, 1.807) is 11.3 Å². The molecule has 0 spiro atoms. The first-order valence-corrected chi connectivity index (χ1v) is 8.75. The van der Waals surface area contributed by atoms with Crippen molar-refractivity contribution in [2.24, 2.45) is 10.9 Å². The van der Waals surface area contributed by atoms with Crippen LogP contribution in [0.2, 0.25) is 0 Å². The van der Waals surface area contributed by atoms with E-state index < -0.39 is 0 Å². The number of guanidine groups is 1. The highest BCUT2D eigenvalue weighted by Crippen LogP contribution is 2.20. The van der Waals surface area contributed by atoms with E-state index in [9.17, 15) is 4.79 Å². The van der Waals surface area contributed by atoms with E-state index in [2.05, 4.69) is 45.4 Å². The summed E-state index contributed by atoms with van der Waals surface area (Å²) in [7, 11) is 0. The molecule has 0 saturated carbocycles. The molecule has 0 aliphatic heterocycles. The molecule has 0 aromatic carbocycles. The van der Waals surface area contributed by atoms with Crippen molar-refractivity contribution in [2.75, 3.05) is 26.2 Å². The first-order valence-electron chi connectivity index (χ1n) is 7.87. The molecule has 1 aromatic rings. The first-order chi connectivity index (χ1) is 10.5. The summed E-state index contributed by atoms with van der Waals surface area (Å²) in [6.07, 6.45) is 0. The van der Waals surface area contributed by atoms with Crippen LogP contribution in [-0.4, -0.2) is 38.0 Å². The van der Waals surface area contributed by atoms with Gasteiger partial charge in [0.05, 0.1) is 6.54 Å². The normalized spacial score (nSPS) is 13.0. The molecule has 124 valence electrons. The Kier molecular flexibility index (Phi) is 8.58. The zero-order valence-electron chi connectivity index (χ0n) is 14.0. The molecular weight excluding hydrogens is 296 g/mol. The Hall–Kier alpha value is -1.56. The van der Waals surface area contributed by atoms with Crippen LogP contribution in [0.3, 0.4) is 0 Å². The van der Waals surface area contributed by atoms with Gasteiger partial charge in [-0.2, -0.15) is 0 Å². The lowest BCUT2D eigenvalue weighted by Gasteiger charge is -2.13. The SMILES string of the molecule is CCNC(=NCC(C)c1cccs1)NCCNC(=O)C(C)C. The summed E-state index contributed by atoms with van der Waals surface area (Å²) in [5.74, 6) is 1.31. The second-order valence-corrected chi connectivity index (χ2v) is 6.49. The Morgan fingerprint density at radius 3 is 2.55 bits per heavy atom. The second kappa shape index (κ2) is 10.2. The monoisotopic (exact) mass is 324 g/mol. The highest BCUT2D eigenvalue weighted by molar-refractivity contribution is 7.10. The molecule has 0 saturated heterocycles. The third-order valence-electron chi connectivity index (χ3n) is 3.14. The van der Waals surface area contributed by atoms with E-state index >= 15 is 0 Å². The van der Waals surface area contributed by atoms with E-state index in [1.165, 1.54) is 4.88 Å². The van der Waals surface area contributed by atoms with Gasteiger partial charge in [-0.3, -0.25) is 9.79 Å². The molecule has 3 N–H and O–H groups in total. The number of nitrogens with one attached hydrogen (secondary N) is 3. The van der Waals surface area contributed by atoms with Gasteiger partial charge in [-0.15, -0.1) is 11.3 Å². The van der Waals surface area contributed by atoms with Crippen molar-refractivity contribution >= 4 is 23.2 Å². The van der Waals surface area contributed by atoms with Crippen molar-refractivity contribution < 1.29 is 4.79 Å². The molecule has 0 radical (unpaired) electrons. The molecule has 1 heterocycles. The third-order valence-corrected chi connectivity index (χ3v) is 4.24. The van der Waals surface area contributed by atoms with Crippen LogP contribution in [0.5, 0.6) is 0 Å². The van der Waals surface area contributed by atoms with Crippen LogP contribution in [0, 0.1) is 5.92 Å². The highest BCUT2D eigenvalue weighted by atomic mass is 32.1. The smallest absolute Gasteiger partial charge is 0.222 e. The van der Waals surface area contributed by atoms with E-state index in [0.717, 1.165) is 19.0 Å². The van der Waals surface area contributed by atoms with Crippen molar-refractivity contribution in [1.29, 1.82) is 0 Å². The highest BCUT2D eigenvalue weighted by Gasteiger charge is 2.07. The average Bonchev–Trinajstić information content (AvgIpc) is 3.02. The van der Waals surface area contributed by atoms with Gasteiger partial charge in [-0.25, -0.2) is 0 Å². The Bertz CT molecular complexity index is 457. The molecule has 0 bridgehead atoms. The maximum Gasteiger partial charge on any atom is 0.222 e. The predicted octanol–water partition coefficient (Wildman–Crippen LogP) is 2.18. The molecule has 0 aliphatic carbocycles. The number of rotatable bonds is 8. The minimum Gasteiger partial charge on any atom is -0.357 e. The van der Waals surface area contributed by atoms with Crippen molar-refractivity contribution in [1.82, 2.24) is 16.0 Å². The molecule has 5 nitrogen and oxygen atoms in total. The zero-order valence-corrected chi connectivity index (χ0v) is 14.8. The summed E-state index contributed by atoms with van der Waals surface area (Å²) in [5.41, 5.74) is 0. The van der Waals surface area contributed by atoms with Crippen LogP contribution in [0.1, 0.15) is 38.5 Å². The minimum atomic E-state index is 0.0218. The maximum absolute atomic E-state index is 11.5. The number of thiophene rings is 1. The first kappa shape index (κ1) is 18.5. The number of hydrogen-bond donors (Lipinski definition) is 3. The summed E-state index contributed by atoms with van der Waals surface area (Å²) >= 11 is 1.77. The van der Waals surface area contributed by atoms with Crippen LogP contribution in [0.15, 0.2) is 22.5 Å². The van der Waals surface area contributed by atoms with Crippen LogP contribution < -0.4 is 16.0 Å². The van der Waals surface area contributed by atoms with Crippen molar-refractivity contribution in [3.8, 4) is 0 Å². The van der Waals surface area contributed by atoms with Gasteiger partial charge in [-0.05, 0) is 18.4 Å². The molecule has 6 heteroatoms. The lowest BCUT2D eigenvalue weighted by atomic mass is 10.1. The lowest BCUT2D eigenvalue weighted by molar-refractivity contribution is -0.123. The molecule has 1 rings (SSSR count). The number of aliphatic imine (C=N–C) groups is 1. The standard InChI is InChI=1S/C16H28N4OS/c1-5-17-16(19-9-8-18-15(21)12(2)3)20-11-13(4)14-7-6-10-22-14/h6-7,10,12-13H,5,8-9,11H2,1-4H3,(H,18,21)(H2,17,19,20). The summed E-state index contributed by atoms with van der Waals surface area (Å²) < 4.78 is 0. The largest absolute Gasteiger partial charge is 0.357 e. The van der Waals surface area contributed by atoms with Gasteiger partial charge < -0.3 is 16.0 Å². The van der Waals surface area contributed by atoms with E-state index in [4.69, 9.17) is 0 Å². The van der Waals surface area contributed by atoms with E-state index in [0.29, 0.717) is 19.0 Å². The number of amides is 1. The summed E-state index contributed by atoms with van der Waals surface area (Å²) in [4.78, 5) is 17.4. The van der Waals surface area contributed by atoms with Gasteiger partial charge in [0.2, 0.25) is 5.91 Å². The van der Waals surface area contributed by atoms with Crippen LogP contribution in [0.25, 0.3) is 0 Å². The van der Waals surface area contributed by atoms with Gasteiger partial charge in [0, 0.05) is 36.3 Å².